The van der Waals surface area contributed by atoms with Gasteiger partial charge in [-0.05, 0) is 30.7 Å². The molecule has 5 heteroatoms. The van der Waals surface area contributed by atoms with Gasteiger partial charge in [-0.1, -0.05) is 22.4 Å². The minimum Gasteiger partial charge on any atom is -0.350 e. The van der Waals surface area contributed by atoms with Crippen molar-refractivity contribution >= 4 is 21.8 Å². The first-order valence-electron chi connectivity index (χ1n) is 6.04. The molecule has 1 fully saturated rings. The molecule has 1 amide bonds. The van der Waals surface area contributed by atoms with Gasteiger partial charge in [0.05, 0.1) is 0 Å². The number of carbonyl (C=O) groups excluding carboxylic acids is 1. The van der Waals surface area contributed by atoms with Crippen molar-refractivity contribution in [2.45, 2.75) is 19.3 Å². The second kappa shape index (κ2) is 5.67. The van der Waals surface area contributed by atoms with Crippen molar-refractivity contribution in [1.29, 1.82) is 0 Å². The maximum absolute atomic E-state index is 11.9. The van der Waals surface area contributed by atoms with Gasteiger partial charge in [0.25, 0.3) is 5.91 Å². The van der Waals surface area contributed by atoms with Gasteiger partial charge < -0.3 is 5.32 Å². The Morgan fingerprint density at radius 1 is 1.59 bits per heavy atom. The normalized spacial score (nSPS) is 23.9. The molecule has 1 aliphatic rings. The molecule has 0 aliphatic heterocycles. The summed E-state index contributed by atoms with van der Waals surface area (Å²) < 4.78 is 1.60. The summed E-state index contributed by atoms with van der Waals surface area (Å²) in [5.41, 5.74) is 0.624. The molecule has 1 N–H and O–H groups in total. The summed E-state index contributed by atoms with van der Waals surface area (Å²) in [5, 5.41) is 8.05. The molecule has 0 spiro atoms. The first-order valence-corrected chi connectivity index (χ1v) is 7.16. The largest absolute Gasteiger partial charge is 0.350 e. The summed E-state index contributed by atoms with van der Waals surface area (Å²) in [7, 11) is 1.78. The summed E-state index contributed by atoms with van der Waals surface area (Å²) >= 11 is 3.55. The van der Waals surface area contributed by atoms with Crippen LogP contribution in [-0.2, 0) is 7.05 Å². The maximum Gasteiger partial charge on any atom is 0.269 e. The monoisotopic (exact) mass is 299 g/mol. The Labute approximate surface area is 110 Å². The number of alkyl halides is 1. The molecule has 17 heavy (non-hydrogen) atoms. The molecule has 2 rings (SSSR count). The predicted molar refractivity (Wildman–Crippen MR) is 70.2 cm³/mol. The van der Waals surface area contributed by atoms with E-state index in [1.807, 2.05) is 0 Å². The van der Waals surface area contributed by atoms with Crippen LogP contribution in [0.1, 0.15) is 29.8 Å². The van der Waals surface area contributed by atoms with E-state index in [0.29, 0.717) is 17.5 Å². The van der Waals surface area contributed by atoms with Crippen molar-refractivity contribution in [1.82, 2.24) is 15.1 Å². The van der Waals surface area contributed by atoms with Crippen molar-refractivity contribution < 1.29 is 4.79 Å². The molecule has 1 heterocycles. The molecule has 2 atom stereocenters. The van der Waals surface area contributed by atoms with Crippen LogP contribution in [0.15, 0.2) is 12.3 Å². The van der Waals surface area contributed by atoms with Crippen LogP contribution in [0.4, 0.5) is 0 Å². The number of aryl methyl sites for hydroxylation is 1. The molecule has 0 aromatic carbocycles. The van der Waals surface area contributed by atoms with E-state index in [1.54, 1.807) is 24.0 Å². The lowest BCUT2D eigenvalue weighted by Crippen LogP contribution is -2.32. The third kappa shape index (κ3) is 2.89. The van der Waals surface area contributed by atoms with Crippen molar-refractivity contribution in [2.24, 2.45) is 18.9 Å². The number of hydrogen-bond acceptors (Lipinski definition) is 2. The minimum absolute atomic E-state index is 0.0229. The fourth-order valence-electron chi connectivity index (χ4n) is 2.50. The average molecular weight is 300 g/mol. The van der Waals surface area contributed by atoms with Gasteiger partial charge in [-0.15, -0.1) is 0 Å². The molecule has 0 bridgehead atoms. The van der Waals surface area contributed by atoms with E-state index >= 15 is 0 Å². The third-order valence-electron chi connectivity index (χ3n) is 3.59. The average Bonchev–Trinajstić information content (AvgIpc) is 2.94. The van der Waals surface area contributed by atoms with Gasteiger partial charge in [-0.2, -0.15) is 5.10 Å². The van der Waals surface area contributed by atoms with Crippen LogP contribution in [0, 0.1) is 11.8 Å². The van der Waals surface area contributed by atoms with Crippen molar-refractivity contribution in [2.75, 3.05) is 11.9 Å². The molecule has 2 unspecified atom stereocenters. The highest BCUT2D eigenvalue weighted by Crippen LogP contribution is 2.32. The molecule has 0 radical (unpaired) electrons. The second-order valence-corrected chi connectivity index (χ2v) is 5.30. The van der Waals surface area contributed by atoms with Crippen molar-refractivity contribution in [3.8, 4) is 0 Å². The van der Waals surface area contributed by atoms with Crippen LogP contribution in [0.5, 0.6) is 0 Å². The SMILES string of the molecule is Cn1nccc1C(=O)NCC1CCCC1CBr. The summed E-state index contributed by atoms with van der Waals surface area (Å²) in [4.78, 5) is 11.9. The van der Waals surface area contributed by atoms with E-state index in [2.05, 4.69) is 26.3 Å². The van der Waals surface area contributed by atoms with E-state index in [4.69, 9.17) is 0 Å². The molecular formula is C12H18BrN3O. The number of nitrogens with one attached hydrogen (secondary N) is 1. The van der Waals surface area contributed by atoms with Gasteiger partial charge in [-0.3, -0.25) is 9.48 Å². The van der Waals surface area contributed by atoms with Gasteiger partial charge >= 0.3 is 0 Å². The lowest BCUT2D eigenvalue weighted by molar-refractivity contribution is 0.0935. The van der Waals surface area contributed by atoms with Crippen LogP contribution in [0.2, 0.25) is 0 Å². The number of amides is 1. The highest BCUT2D eigenvalue weighted by molar-refractivity contribution is 9.09. The number of aromatic nitrogens is 2. The van der Waals surface area contributed by atoms with Gasteiger partial charge in [0, 0.05) is 25.1 Å². The minimum atomic E-state index is -0.0229. The quantitative estimate of drug-likeness (QED) is 0.864. The van der Waals surface area contributed by atoms with E-state index in [9.17, 15) is 4.79 Å². The maximum atomic E-state index is 11.9. The predicted octanol–water partition coefficient (Wildman–Crippen LogP) is 1.96. The molecule has 94 valence electrons. The standard InChI is InChI=1S/C12H18BrN3O/c1-16-11(5-6-15-16)12(17)14-8-10-4-2-3-9(10)7-13/h5-6,9-10H,2-4,7-8H2,1H3,(H,14,17). The lowest BCUT2D eigenvalue weighted by Gasteiger charge is -2.17. The van der Waals surface area contributed by atoms with E-state index < -0.39 is 0 Å². The van der Waals surface area contributed by atoms with Crippen LogP contribution in [0.3, 0.4) is 0 Å². The zero-order valence-corrected chi connectivity index (χ0v) is 11.6. The van der Waals surface area contributed by atoms with Crippen LogP contribution < -0.4 is 5.32 Å². The summed E-state index contributed by atoms with van der Waals surface area (Å²) in [6.07, 6.45) is 5.42. The second-order valence-electron chi connectivity index (χ2n) is 4.66. The Kier molecular flexibility index (Phi) is 4.20. The third-order valence-corrected chi connectivity index (χ3v) is 4.42. The number of halogens is 1. The first-order chi connectivity index (χ1) is 8.22. The fraction of sp³-hybridized carbons (Fsp3) is 0.667. The van der Waals surface area contributed by atoms with Gasteiger partial charge in [-0.25, -0.2) is 0 Å². The molecular weight excluding hydrogens is 282 g/mol. The summed E-state index contributed by atoms with van der Waals surface area (Å²) in [5.74, 6) is 1.30. The highest BCUT2D eigenvalue weighted by atomic mass is 79.9. The Hall–Kier alpha value is -0.840. The van der Waals surface area contributed by atoms with Gasteiger partial charge in [0.15, 0.2) is 0 Å². The zero-order valence-electron chi connectivity index (χ0n) is 10.0. The van der Waals surface area contributed by atoms with Gasteiger partial charge in [0.1, 0.15) is 5.69 Å². The fourth-order valence-corrected chi connectivity index (χ4v) is 3.35. The van der Waals surface area contributed by atoms with Crippen molar-refractivity contribution in [3.63, 3.8) is 0 Å². The molecule has 1 aliphatic carbocycles. The Balaban J connectivity index is 1.86. The molecule has 1 aromatic heterocycles. The topological polar surface area (TPSA) is 46.9 Å². The van der Waals surface area contributed by atoms with Gasteiger partial charge in [0.2, 0.25) is 0 Å². The molecule has 0 saturated heterocycles. The Morgan fingerprint density at radius 2 is 2.35 bits per heavy atom. The number of carbonyl (C=O) groups is 1. The highest BCUT2D eigenvalue weighted by Gasteiger charge is 2.26. The number of hydrogen-bond donors (Lipinski definition) is 1. The van der Waals surface area contributed by atoms with Crippen LogP contribution in [0.25, 0.3) is 0 Å². The number of nitrogens with zero attached hydrogens (tertiary/aromatic N) is 2. The van der Waals surface area contributed by atoms with Crippen LogP contribution in [-0.4, -0.2) is 27.6 Å². The Morgan fingerprint density at radius 3 is 3.00 bits per heavy atom. The molecule has 4 nitrogen and oxygen atoms in total. The summed E-state index contributed by atoms with van der Waals surface area (Å²) in [6, 6.07) is 1.74. The number of rotatable bonds is 4. The smallest absolute Gasteiger partial charge is 0.269 e. The zero-order chi connectivity index (χ0) is 12.3. The van der Waals surface area contributed by atoms with E-state index in [1.165, 1.54) is 19.3 Å². The van der Waals surface area contributed by atoms with E-state index in [0.717, 1.165) is 11.9 Å². The van der Waals surface area contributed by atoms with Crippen LogP contribution >= 0.6 is 15.9 Å². The van der Waals surface area contributed by atoms with E-state index in [-0.39, 0.29) is 5.91 Å². The lowest BCUT2D eigenvalue weighted by atomic mass is 9.98. The molecule has 1 aromatic rings. The van der Waals surface area contributed by atoms with Crippen molar-refractivity contribution in [3.05, 3.63) is 18.0 Å². The first kappa shape index (κ1) is 12.6. The summed E-state index contributed by atoms with van der Waals surface area (Å²) in [6.45, 7) is 0.778. The Bertz CT molecular complexity index is 391. The molecule has 1 saturated carbocycles.